The minimum atomic E-state index is -4.36. The van der Waals surface area contributed by atoms with Crippen molar-refractivity contribution in [1.29, 1.82) is 0 Å². The Kier molecular flexibility index (Phi) is 6.85. The Labute approximate surface area is 238 Å². The molecule has 0 spiro atoms. The largest absolute Gasteiger partial charge is 0.416 e. The number of fused-ring (bicyclic) bond motifs is 2. The van der Waals surface area contributed by atoms with Crippen molar-refractivity contribution < 1.29 is 26.3 Å². The molecule has 0 aliphatic heterocycles. The van der Waals surface area contributed by atoms with E-state index in [0.717, 1.165) is 79.2 Å². The van der Waals surface area contributed by atoms with Crippen LogP contribution in [0, 0.1) is 0 Å². The fourth-order valence-electron chi connectivity index (χ4n) is 4.99. The highest BCUT2D eigenvalue weighted by molar-refractivity contribution is 5.92. The van der Waals surface area contributed by atoms with E-state index in [0.29, 0.717) is 0 Å². The Bertz CT molecular complexity index is 1780. The summed E-state index contributed by atoms with van der Waals surface area (Å²) in [6.45, 7) is 0. The third kappa shape index (κ3) is 5.79. The Hall–Kier alpha value is -4.84. The summed E-state index contributed by atoms with van der Waals surface area (Å²) in [4.78, 5) is 0. The third-order valence-electron chi connectivity index (χ3n) is 7.29. The highest BCUT2D eigenvalue weighted by Gasteiger charge is 2.30. The highest BCUT2D eigenvalue weighted by atomic mass is 19.4. The van der Waals surface area contributed by atoms with Crippen molar-refractivity contribution in [2.75, 3.05) is 0 Å². The van der Waals surface area contributed by atoms with E-state index in [1.807, 2.05) is 72.8 Å². The first-order valence-corrected chi connectivity index (χ1v) is 13.1. The summed E-state index contributed by atoms with van der Waals surface area (Å²) >= 11 is 0. The number of hydrogen-bond donors (Lipinski definition) is 0. The molecule has 0 heterocycles. The minimum Gasteiger partial charge on any atom is -0.166 e. The van der Waals surface area contributed by atoms with E-state index >= 15 is 0 Å². The first-order chi connectivity index (χ1) is 20.0. The molecule has 6 heteroatoms. The van der Waals surface area contributed by atoms with Crippen molar-refractivity contribution in [3.63, 3.8) is 0 Å². The monoisotopic (exact) mass is 568 g/mol. The van der Waals surface area contributed by atoms with Gasteiger partial charge >= 0.3 is 12.4 Å². The van der Waals surface area contributed by atoms with E-state index in [2.05, 4.69) is 12.1 Å². The number of halogens is 6. The Morgan fingerprint density at radius 1 is 0.333 bits per heavy atom. The minimum absolute atomic E-state index is 0.669. The summed E-state index contributed by atoms with van der Waals surface area (Å²) in [5.41, 5.74) is 3.79. The van der Waals surface area contributed by atoms with Gasteiger partial charge in [0.2, 0.25) is 0 Å². The summed E-state index contributed by atoms with van der Waals surface area (Å²) in [6.07, 6.45) is -4.69. The maximum Gasteiger partial charge on any atom is 0.416 e. The molecular weight excluding hydrogens is 546 g/mol. The molecule has 6 rings (SSSR count). The lowest BCUT2D eigenvalue weighted by atomic mass is 9.98. The Morgan fingerprint density at radius 2 is 0.643 bits per heavy atom. The van der Waals surface area contributed by atoms with Crippen molar-refractivity contribution in [1.82, 2.24) is 0 Å². The fourth-order valence-corrected chi connectivity index (χ4v) is 4.99. The van der Waals surface area contributed by atoms with Crippen LogP contribution < -0.4 is 0 Å². The predicted molar refractivity (Wildman–Crippen MR) is 158 cm³/mol. The quantitative estimate of drug-likeness (QED) is 0.147. The molecule has 0 aliphatic carbocycles. The van der Waals surface area contributed by atoms with Gasteiger partial charge in [0.1, 0.15) is 0 Å². The van der Waals surface area contributed by atoms with Crippen molar-refractivity contribution >= 4 is 33.7 Å². The fraction of sp³-hybridized carbons (Fsp3) is 0.0556. The zero-order chi connectivity index (χ0) is 29.5. The van der Waals surface area contributed by atoms with E-state index in [-0.39, 0.29) is 0 Å². The lowest BCUT2D eigenvalue weighted by molar-refractivity contribution is -0.138. The van der Waals surface area contributed by atoms with E-state index in [1.54, 1.807) is 0 Å². The van der Waals surface area contributed by atoms with Crippen molar-refractivity contribution in [2.45, 2.75) is 12.4 Å². The molecule has 6 aromatic rings. The van der Waals surface area contributed by atoms with Gasteiger partial charge in [-0.25, -0.2) is 0 Å². The molecule has 0 fully saturated rings. The Morgan fingerprint density at radius 3 is 1.00 bits per heavy atom. The van der Waals surface area contributed by atoms with Crippen LogP contribution in [-0.4, -0.2) is 0 Å². The van der Waals surface area contributed by atoms with E-state index in [4.69, 9.17) is 0 Å². The molecule has 208 valence electrons. The molecule has 0 aliphatic rings. The molecule has 0 saturated heterocycles. The number of rotatable bonds is 4. The average Bonchev–Trinajstić information content (AvgIpc) is 2.98. The van der Waals surface area contributed by atoms with Gasteiger partial charge in [0.05, 0.1) is 11.1 Å². The van der Waals surface area contributed by atoms with Gasteiger partial charge in [-0.1, -0.05) is 84.9 Å². The second-order valence-electron chi connectivity index (χ2n) is 10.1. The van der Waals surface area contributed by atoms with Crippen LogP contribution in [0.25, 0.3) is 56.0 Å². The van der Waals surface area contributed by atoms with Gasteiger partial charge < -0.3 is 0 Å². The van der Waals surface area contributed by atoms with Gasteiger partial charge in [0.15, 0.2) is 0 Å². The molecule has 0 amide bonds. The van der Waals surface area contributed by atoms with Crippen LogP contribution in [0.3, 0.4) is 0 Å². The topological polar surface area (TPSA) is 0 Å². The second-order valence-corrected chi connectivity index (χ2v) is 10.1. The molecule has 0 nitrogen and oxygen atoms in total. The van der Waals surface area contributed by atoms with Crippen molar-refractivity contribution in [3.8, 4) is 22.3 Å². The molecule has 0 atom stereocenters. The van der Waals surface area contributed by atoms with Crippen LogP contribution in [-0.2, 0) is 12.4 Å². The number of alkyl halides is 6. The van der Waals surface area contributed by atoms with Gasteiger partial charge in [0, 0.05) is 0 Å². The van der Waals surface area contributed by atoms with Crippen LogP contribution in [0.2, 0.25) is 0 Å². The van der Waals surface area contributed by atoms with Crippen LogP contribution in [0.4, 0.5) is 26.3 Å². The summed E-state index contributed by atoms with van der Waals surface area (Å²) in [5.74, 6) is 0. The van der Waals surface area contributed by atoms with Crippen molar-refractivity contribution in [2.24, 2.45) is 0 Å². The van der Waals surface area contributed by atoms with Crippen LogP contribution in [0.15, 0.2) is 121 Å². The van der Waals surface area contributed by atoms with Gasteiger partial charge in [-0.2, -0.15) is 26.3 Å². The average molecular weight is 569 g/mol. The Balaban J connectivity index is 1.19. The molecule has 0 saturated carbocycles. The SMILES string of the molecule is FC(F)(F)c1ccc(-c2ccc3cc(/C=C/c4ccc5cc(-c6ccc(C(F)(F)F)cc6)ccc5c4)ccc3c2)cc1. The van der Waals surface area contributed by atoms with E-state index in [1.165, 1.54) is 24.3 Å². The van der Waals surface area contributed by atoms with Gasteiger partial charge in [-0.05, 0) is 103 Å². The summed E-state index contributed by atoms with van der Waals surface area (Å²) in [5, 5.41) is 4.00. The standard InChI is InChI=1S/C36H22F6/c37-35(38,39)33-15-11-25(12-16-33)29-9-7-27-19-23(3-5-31(27)21-29)1-2-24-4-6-32-22-30(10-8-28(32)20-24)26-13-17-34(18-14-26)36(40,41)42/h1-22H/b2-1+. The smallest absolute Gasteiger partial charge is 0.166 e. The zero-order valence-corrected chi connectivity index (χ0v) is 22.0. The molecule has 0 unspecified atom stereocenters. The first-order valence-electron chi connectivity index (χ1n) is 13.1. The predicted octanol–water partition coefficient (Wildman–Crippen LogP) is 11.5. The van der Waals surface area contributed by atoms with E-state index in [9.17, 15) is 26.3 Å². The van der Waals surface area contributed by atoms with Crippen LogP contribution in [0.1, 0.15) is 22.3 Å². The number of benzene rings is 6. The number of hydrogen-bond acceptors (Lipinski definition) is 0. The molecule has 0 N–H and O–H groups in total. The third-order valence-corrected chi connectivity index (χ3v) is 7.29. The van der Waals surface area contributed by atoms with Gasteiger partial charge in [-0.3, -0.25) is 0 Å². The molecule has 0 aromatic heterocycles. The second kappa shape index (κ2) is 10.5. The van der Waals surface area contributed by atoms with Crippen LogP contribution >= 0.6 is 0 Å². The molecule has 0 radical (unpaired) electrons. The lowest BCUT2D eigenvalue weighted by Crippen LogP contribution is -2.03. The van der Waals surface area contributed by atoms with Crippen LogP contribution in [0.5, 0.6) is 0 Å². The molecular formula is C36H22F6. The molecule has 0 bridgehead atoms. The maximum absolute atomic E-state index is 12.9. The summed E-state index contributed by atoms with van der Waals surface area (Å²) in [7, 11) is 0. The summed E-state index contributed by atoms with van der Waals surface area (Å²) in [6, 6.07) is 34.1. The highest BCUT2D eigenvalue weighted by Crippen LogP contribution is 2.33. The molecule has 42 heavy (non-hydrogen) atoms. The van der Waals surface area contributed by atoms with Gasteiger partial charge in [0.25, 0.3) is 0 Å². The maximum atomic E-state index is 12.9. The molecule has 6 aromatic carbocycles. The normalized spacial score (nSPS) is 12.4. The summed E-state index contributed by atoms with van der Waals surface area (Å²) < 4.78 is 77.3. The van der Waals surface area contributed by atoms with E-state index < -0.39 is 23.5 Å². The van der Waals surface area contributed by atoms with Crippen molar-refractivity contribution in [3.05, 3.63) is 144 Å². The first kappa shape index (κ1) is 27.3. The zero-order valence-electron chi connectivity index (χ0n) is 22.0. The lowest BCUT2D eigenvalue weighted by Gasteiger charge is -2.09. The van der Waals surface area contributed by atoms with Gasteiger partial charge in [-0.15, -0.1) is 0 Å².